The molecule has 2 rings (SSSR count). The standard InChI is InChI=1S/C12H15FO3/c1-15-10-5-8(13)6-11(16-2)9(10)7-12(14)3-4-12/h5-6,14H,3-4,7H2,1-2H3. The van der Waals surface area contributed by atoms with Crippen LogP contribution in [0.4, 0.5) is 4.39 Å². The number of halogens is 1. The van der Waals surface area contributed by atoms with Crippen molar-refractivity contribution in [1.29, 1.82) is 0 Å². The van der Waals surface area contributed by atoms with E-state index in [-0.39, 0.29) is 0 Å². The highest BCUT2D eigenvalue weighted by atomic mass is 19.1. The quantitative estimate of drug-likeness (QED) is 0.852. The summed E-state index contributed by atoms with van der Waals surface area (Å²) in [7, 11) is 2.96. The smallest absolute Gasteiger partial charge is 0.130 e. The Balaban J connectivity index is 2.38. The summed E-state index contributed by atoms with van der Waals surface area (Å²) in [6, 6.07) is 2.62. The molecule has 0 amide bonds. The first-order valence-corrected chi connectivity index (χ1v) is 5.21. The van der Waals surface area contributed by atoms with Crippen LogP contribution in [-0.4, -0.2) is 24.9 Å². The Morgan fingerprint density at radius 1 is 1.25 bits per heavy atom. The molecule has 0 saturated heterocycles. The van der Waals surface area contributed by atoms with Gasteiger partial charge in [0.05, 0.1) is 19.8 Å². The molecule has 4 heteroatoms. The maximum Gasteiger partial charge on any atom is 0.130 e. The molecule has 0 aromatic heterocycles. The average Bonchev–Trinajstić information content (AvgIpc) is 2.98. The maximum absolute atomic E-state index is 13.2. The number of hydrogen-bond donors (Lipinski definition) is 1. The first-order valence-electron chi connectivity index (χ1n) is 5.21. The van der Waals surface area contributed by atoms with Crippen LogP contribution in [0.2, 0.25) is 0 Å². The van der Waals surface area contributed by atoms with Crippen molar-refractivity contribution in [2.24, 2.45) is 0 Å². The van der Waals surface area contributed by atoms with E-state index in [4.69, 9.17) is 9.47 Å². The van der Waals surface area contributed by atoms with E-state index in [1.54, 1.807) is 0 Å². The number of aliphatic hydroxyl groups is 1. The molecule has 0 unspecified atom stereocenters. The topological polar surface area (TPSA) is 38.7 Å². The van der Waals surface area contributed by atoms with Crippen LogP contribution in [0.15, 0.2) is 12.1 Å². The first-order chi connectivity index (χ1) is 7.58. The normalized spacial score (nSPS) is 17.0. The molecule has 1 aromatic rings. The Morgan fingerprint density at radius 2 is 1.75 bits per heavy atom. The van der Waals surface area contributed by atoms with E-state index in [0.29, 0.717) is 17.9 Å². The van der Waals surface area contributed by atoms with Gasteiger partial charge in [-0.15, -0.1) is 0 Å². The van der Waals surface area contributed by atoms with Crippen molar-refractivity contribution in [3.05, 3.63) is 23.5 Å². The molecule has 0 spiro atoms. The van der Waals surface area contributed by atoms with Gasteiger partial charge in [-0.3, -0.25) is 0 Å². The average molecular weight is 226 g/mol. The van der Waals surface area contributed by atoms with Crippen molar-refractivity contribution in [3.63, 3.8) is 0 Å². The van der Waals surface area contributed by atoms with Gasteiger partial charge in [0.1, 0.15) is 17.3 Å². The van der Waals surface area contributed by atoms with Crippen LogP contribution < -0.4 is 9.47 Å². The molecule has 1 aliphatic carbocycles. The predicted octanol–water partition coefficient (Wildman–Crippen LogP) is 1.91. The minimum absolute atomic E-state index is 0.403. The Labute approximate surface area is 93.8 Å². The van der Waals surface area contributed by atoms with E-state index >= 15 is 0 Å². The van der Waals surface area contributed by atoms with Crippen molar-refractivity contribution in [3.8, 4) is 11.5 Å². The molecule has 1 saturated carbocycles. The lowest BCUT2D eigenvalue weighted by molar-refractivity contribution is 0.148. The molecule has 0 radical (unpaired) electrons. The fourth-order valence-electron chi connectivity index (χ4n) is 1.78. The SMILES string of the molecule is COc1cc(F)cc(OC)c1CC1(O)CC1. The summed E-state index contributed by atoms with van der Waals surface area (Å²) in [5, 5.41) is 9.89. The van der Waals surface area contributed by atoms with E-state index < -0.39 is 11.4 Å². The minimum atomic E-state index is -0.654. The van der Waals surface area contributed by atoms with Gasteiger partial charge in [0.25, 0.3) is 0 Å². The molecule has 1 aromatic carbocycles. The summed E-state index contributed by atoms with van der Waals surface area (Å²) >= 11 is 0. The van der Waals surface area contributed by atoms with E-state index in [0.717, 1.165) is 18.4 Å². The summed E-state index contributed by atoms with van der Waals surface area (Å²) in [4.78, 5) is 0. The van der Waals surface area contributed by atoms with Crippen molar-refractivity contribution in [2.75, 3.05) is 14.2 Å². The van der Waals surface area contributed by atoms with Gasteiger partial charge in [0, 0.05) is 24.1 Å². The summed E-state index contributed by atoms with van der Waals surface area (Å²) in [6.45, 7) is 0. The molecular weight excluding hydrogens is 211 g/mol. The summed E-state index contributed by atoms with van der Waals surface area (Å²) in [6.07, 6.45) is 1.99. The van der Waals surface area contributed by atoms with E-state index in [9.17, 15) is 9.50 Å². The Kier molecular flexibility index (Phi) is 2.76. The van der Waals surface area contributed by atoms with Gasteiger partial charge in [-0.2, -0.15) is 0 Å². The number of hydrogen-bond acceptors (Lipinski definition) is 3. The van der Waals surface area contributed by atoms with E-state index in [1.807, 2.05) is 0 Å². The lowest BCUT2D eigenvalue weighted by Gasteiger charge is -2.15. The molecule has 16 heavy (non-hydrogen) atoms. The number of methoxy groups -OCH3 is 2. The zero-order chi connectivity index (χ0) is 11.8. The zero-order valence-electron chi connectivity index (χ0n) is 9.42. The Hall–Kier alpha value is -1.29. The fraction of sp³-hybridized carbons (Fsp3) is 0.500. The minimum Gasteiger partial charge on any atom is -0.496 e. The molecule has 0 aliphatic heterocycles. The maximum atomic E-state index is 13.2. The van der Waals surface area contributed by atoms with Gasteiger partial charge in [0.15, 0.2) is 0 Å². The lowest BCUT2D eigenvalue weighted by Crippen LogP contribution is -2.13. The molecule has 0 atom stereocenters. The highest BCUT2D eigenvalue weighted by Crippen LogP contribution is 2.43. The first kappa shape index (κ1) is 11.2. The molecular formula is C12H15FO3. The van der Waals surface area contributed by atoms with Crippen LogP contribution in [0.3, 0.4) is 0 Å². The largest absolute Gasteiger partial charge is 0.496 e. The van der Waals surface area contributed by atoms with Gasteiger partial charge in [-0.25, -0.2) is 4.39 Å². The van der Waals surface area contributed by atoms with Crippen LogP contribution in [0, 0.1) is 5.82 Å². The third kappa shape index (κ3) is 2.11. The highest BCUT2D eigenvalue weighted by molar-refractivity contribution is 5.46. The highest BCUT2D eigenvalue weighted by Gasteiger charge is 2.41. The lowest BCUT2D eigenvalue weighted by atomic mass is 10.0. The van der Waals surface area contributed by atoms with Crippen LogP contribution in [0.25, 0.3) is 0 Å². The summed E-state index contributed by atoms with van der Waals surface area (Å²) in [5.41, 5.74) is 0.0738. The monoisotopic (exact) mass is 226 g/mol. The number of rotatable bonds is 4. The summed E-state index contributed by atoms with van der Waals surface area (Å²) in [5.74, 6) is 0.453. The van der Waals surface area contributed by atoms with E-state index in [2.05, 4.69) is 0 Å². The van der Waals surface area contributed by atoms with Gasteiger partial charge >= 0.3 is 0 Å². The Bertz CT molecular complexity index is 374. The Morgan fingerprint density at radius 3 is 2.12 bits per heavy atom. The van der Waals surface area contributed by atoms with Crippen LogP contribution in [-0.2, 0) is 6.42 Å². The number of benzene rings is 1. The second-order valence-electron chi connectivity index (χ2n) is 4.19. The van der Waals surface area contributed by atoms with Gasteiger partial charge in [0.2, 0.25) is 0 Å². The van der Waals surface area contributed by atoms with Crippen LogP contribution in [0.1, 0.15) is 18.4 Å². The van der Waals surface area contributed by atoms with Crippen molar-refractivity contribution >= 4 is 0 Å². The van der Waals surface area contributed by atoms with Crippen LogP contribution in [0.5, 0.6) is 11.5 Å². The van der Waals surface area contributed by atoms with Crippen molar-refractivity contribution in [2.45, 2.75) is 24.9 Å². The molecule has 88 valence electrons. The zero-order valence-corrected chi connectivity index (χ0v) is 9.42. The molecule has 3 nitrogen and oxygen atoms in total. The molecule has 1 N–H and O–H groups in total. The fourth-order valence-corrected chi connectivity index (χ4v) is 1.78. The number of ether oxygens (including phenoxy) is 2. The van der Waals surface area contributed by atoms with Crippen LogP contribution >= 0.6 is 0 Å². The third-order valence-corrected chi connectivity index (χ3v) is 2.91. The second kappa shape index (κ2) is 3.94. The second-order valence-corrected chi connectivity index (χ2v) is 4.19. The third-order valence-electron chi connectivity index (χ3n) is 2.91. The molecule has 0 heterocycles. The molecule has 1 fully saturated rings. The van der Waals surface area contributed by atoms with Gasteiger partial charge in [-0.05, 0) is 12.8 Å². The van der Waals surface area contributed by atoms with Gasteiger partial charge < -0.3 is 14.6 Å². The summed E-state index contributed by atoms with van der Waals surface area (Å²) < 4.78 is 23.4. The molecule has 0 bridgehead atoms. The predicted molar refractivity (Wildman–Crippen MR) is 57.4 cm³/mol. The van der Waals surface area contributed by atoms with Gasteiger partial charge in [-0.1, -0.05) is 0 Å². The molecule has 1 aliphatic rings. The van der Waals surface area contributed by atoms with E-state index in [1.165, 1.54) is 26.4 Å². The van der Waals surface area contributed by atoms with Crippen molar-refractivity contribution < 1.29 is 19.0 Å². The van der Waals surface area contributed by atoms with Crippen molar-refractivity contribution in [1.82, 2.24) is 0 Å².